The molecule has 1 saturated heterocycles. The van der Waals surface area contributed by atoms with Crippen LogP contribution in [0.3, 0.4) is 0 Å². The van der Waals surface area contributed by atoms with Crippen LogP contribution >= 0.6 is 0 Å². The summed E-state index contributed by atoms with van der Waals surface area (Å²) in [6, 6.07) is 8.86. The van der Waals surface area contributed by atoms with Gasteiger partial charge in [0.2, 0.25) is 0 Å². The van der Waals surface area contributed by atoms with E-state index >= 15 is 0 Å². The summed E-state index contributed by atoms with van der Waals surface area (Å²) in [6.45, 7) is 5.16. The lowest BCUT2D eigenvalue weighted by atomic mass is 9.49. The molecule has 0 bridgehead atoms. The molecule has 2 fully saturated rings. The van der Waals surface area contributed by atoms with Crippen molar-refractivity contribution in [3.05, 3.63) is 35.4 Å². The van der Waals surface area contributed by atoms with Crippen LogP contribution < -0.4 is 5.32 Å². The second-order valence-corrected chi connectivity index (χ2v) is 6.05. The number of nitrogens with one attached hydrogen (secondary N) is 1. The van der Waals surface area contributed by atoms with Gasteiger partial charge in [0.1, 0.15) is 0 Å². The Hall–Kier alpha value is -0.860. The fourth-order valence-corrected chi connectivity index (χ4v) is 3.93. The Morgan fingerprint density at radius 1 is 1.22 bits per heavy atom. The summed E-state index contributed by atoms with van der Waals surface area (Å²) in [5, 5.41) is 3.42. The van der Waals surface area contributed by atoms with E-state index in [1.165, 1.54) is 30.4 Å². The Labute approximate surface area is 110 Å². The average molecular weight is 245 g/mol. The lowest BCUT2D eigenvalue weighted by molar-refractivity contribution is -0.156. The Balaban J connectivity index is 2.02. The zero-order valence-corrected chi connectivity index (χ0v) is 11.5. The first kappa shape index (κ1) is 12.2. The first-order valence-electron chi connectivity index (χ1n) is 7.03. The van der Waals surface area contributed by atoms with Crippen molar-refractivity contribution in [1.29, 1.82) is 0 Å². The minimum atomic E-state index is 0.263. The zero-order chi connectivity index (χ0) is 12.6. The number of ether oxygens (including phenoxy) is 1. The third-order valence-corrected chi connectivity index (χ3v) is 5.20. The third-order valence-electron chi connectivity index (χ3n) is 5.20. The lowest BCUT2D eigenvalue weighted by Gasteiger charge is -2.61. The number of hydrogen-bond acceptors (Lipinski definition) is 2. The first-order valence-corrected chi connectivity index (χ1v) is 7.03. The van der Waals surface area contributed by atoms with Crippen molar-refractivity contribution in [1.82, 2.24) is 5.32 Å². The molecule has 18 heavy (non-hydrogen) atoms. The van der Waals surface area contributed by atoms with Crippen LogP contribution in [-0.4, -0.2) is 26.8 Å². The normalized spacial score (nSPS) is 24.1. The van der Waals surface area contributed by atoms with Crippen LogP contribution in [0, 0.1) is 12.3 Å². The van der Waals surface area contributed by atoms with Crippen molar-refractivity contribution in [2.45, 2.75) is 31.6 Å². The molecule has 0 atom stereocenters. The molecule has 0 amide bonds. The Morgan fingerprint density at radius 3 is 2.39 bits per heavy atom. The van der Waals surface area contributed by atoms with Gasteiger partial charge in [-0.3, -0.25) is 0 Å². The van der Waals surface area contributed by atoms with Gasteiger partial charge in [0.25, 0.3) is 0 Å². The largest absolute Gasteiger partial charge is 0.379 e. The van der Waals surface area contributed by atoms with Gasteiger partial charge in [-0.15, -0.1) is 0 Å². The zero-order valence-electron chi connectivity index (χ0n) is 11.5. The molecule has 1 N–H and O–H groups in total. The smallest absolute Gasteiger partial charge is 0.0591 e. The van der Waals surface area contributed by atoms with E-state index in [0.717, 1.165) is 19.8 Å². The van der Waals surface area contributed by atoms with Crippen molar-refractivity contribution in [2.75, 3.05) is 26.8 Å². The number of benzene rings is 1. The van der Waals surface area contributed by atoms with Crippen LogP contribution in [0.4, 0.5) is 0 Å². The highest BCUT2D eigenvalue weighted by atomic mass is 16.5. The number of aryl methyl sites for hydroxylation is 1. The Bertz CT molecular complexity index is 432. The van der Waals surface area contributed by atoms with Gasteiger partial charge in [-0.05, 0) is 43.4 Å². The average Bonchev–Trinajstić information content (AvgIpc) is 2.26. The van der Waals surface area contributed by atoms with Gasteiger partial charge in [0, 0.05) is 12.0 Å². The summed E-state index contributed by atoms with van der Waals surface area (Å²) in [4.78, 5) is 0. The molecule has 98 valence electrons. The Kier molecular flexibility index (Phi) is 2.95. The van der Waals surface area contributed by atoms with E-state index in [1.54, 1.807) is 0 Å². The predicted molar refractivity (Wildman–Crippen MR) is 73.9 cm³/mol. The first-order chi connectivity index (χ1) is 8.74. The van der Waals surface area contributed by atoms with Gasteiger partial charge in [-0.2, -0.15) is 0 Å². The third kappa shape index (κ3) is 1.49. The molecule has 0 unspecified atom stereocenters. The molecule has 2 heteroatoms. The van der Waals surface area contributed by atoms with Gasteiger partial charge < -0.3 is 10.1 Å². The van der Waals surface area contributed by atoms with Crippen molar-refractivity contribution in [3.63, 3.8) is 0 Å². The quantitative estimate of drug-likeness (QED) is 0.880. The molecule has 0 aromatic heterocycles. The van der Waals surface area contributed by atoms with Crippen LogP contribution in [0.2, 0.25) is 0 Å². The van der Waals surface area contributed by atoms with Crippen LogP contribution in [0.25, 0.3) is 0 Å². The standard InChI is InChI=1S/C16H23NO/c1-13-6-3-4-7-14(13)16(11-18-12-16)15(10-17-2)8-5-9-15/h3-4,6-7,17H,5,8-12H2,1-2H3. The van der Waals surface area contributed by atoms with Crippen molar-refractivity contribution >= 4 is 0 Å². The van der Waals surface area contributed by atoms with E-state index in [9.17, 15) is 0 Å². The molecule has 1 aliphatic heterocycles. The Morgan fingerprint density at radius 2 is 1.94 bits per heavy atom. The fraction of sp³-hybridized carbons (Fsp3) is 0.625. The van der Waals surface area contributed by atoms with Gasteiger partial charge in [0.15, 0.2) is 0 Å². The van der Waals surface area contributed by atoms with E-state index in [2.05, 4.69) is 43.6 Å². The maximum absolute atomic E-state index is 5.65. The summed E-state index contributed by atoms with van der Waals surface area (Å²) in [6.07, 6.45) is 4.05. The van der Waals surface area contributed by atoms with Crippen LogP contribution in [0.15, 0.2) is 24.3 Å². The second kappa shape index (κ2) is 4.36. The molecular weight excluding hydrogens is 222 g/mol. The summed E-state index contributed by atoms with van der Waals surface area (Å²) in [5.41, 5.74) is 3.63. The summed E-state index contributed by atoms with van der Waals surface area (Å²) in [7, 11) is 2.07. The van der Waals surface area contributed by atoms with Crippen LogP contribution in [-0.2, 0) is 10.2 Å². The lowest BCUT2D eigenvalue weighted by Crippen LogP contribution is -2.64. The van der Waals surface area contributed by atoms with E-state index in [-0.39, 0.29) is 5.41 Å². The van der Waals surface area contributed by atoms with E-state index in [4.69, 9.17) is 4.74 Å². The minimum absolute atomic E-state index is 0.263. The fourth-order valence-electron chi connectivity index (χ4n) is 3.93. The summed E-state index contributed by atoms with van der Waals surface area (Å²) < 4.78 is 5.65. The second-order valence-electron chi connectivity index (χ2n) is 6.05. The van der Waals surface area contributed by atoms with Crippen molar-refractivity contribution in [2.24, 2.45) is 5.41 Å². The van der Waals surface area contributed by atoms with E-state index in [1.807, 2.05) is 0 Å². The topological polar surface area (TPSA) is 21.3 Å². The van der Waals surface area contributed by atoms with Gasteiger partial charge in [-0.25, -0.2) is 0 Å². The van der Waals surface area contributed by atoms with Crippen molar-refractivity contribution in [3.8, 4) is 0 Å². The van der Waals surface area contributed by atoms with Gasteiger partial charge in [-0.1, -0.05) is 30.7 Å². The molecule has 3 rings (SSSR count). The van der Waals surface area contributed by atoms with E-state index < -0.39 is 0 Å². The molecule has 1 aliphatic carbocycles. The molecule has 2 nitrogen and oxygen atoms in total. The predicted octanol–water partition coefficient (Wildman–Crippen LogP) is 2.65. The van der Waals surface area contributed by atoms with Crippen LogP contribution in [0.1, 0.15) is 30.4 Å². The van der Waals surface area contributed by atoms with Gasteiger partial charge in [0.05, 0.1) is 13.2 Å². The summed E-state index contributed by atoms with van der Waals surface area (Å²) >= 11 is 0. The van der Waals surface area contributed by atoms with Crippen LogP contribution in [0.5, 0.6) is 0 Å². The van der Waals surface area contributed by atoms with Gasteiger partial charge >= 0.3 is 0 Å². The number of rotatable bonds is 4. The maximum atomic E-state index is 5.65. The molecule has 1 aromatic rings. The maximum Gasteiger partial charge on any atom is 0.0591 e. The summed E-state index contributed by atoms with van der Waals surface area (Å²) in [5.74, 6) is 0. The molecule has 1 heterocycles. The highest BCUT2D eigenvalue weighted by molar-refractivity contribution is 5.39. The minimum Gasteiger partial charge on any atom is -0.379 e. The molecule has 0 radical (unpaired) electrons. The monoisotopic (exact) mass is 245 g/mol. The highest BCUT2D eigenvalue weighted by Crippen LogP contribution is 2.58. The van der Waals surface area contributed by atoms with E-state index in [0.29, 0.717) is 5.41 Å². The highest BCUT2D eigenvalue weighted by Gasteiger charge is 2.59. The molecular formula is C16H23NO. The number of hydrogen-bond donors (Lipinski definition) is 1. The molecule has 2 aliphatic rings. The molecule has 1 saturated carbocycles. The van der Waals surface area contributed by atoms with Crippen molar-refractivity contribution < 1.29 is 4.74 Å². The SMILES string of the molecule is CNCC1(C2(c3ccccc3C)COC2)CCC1. The molecule has 0 spiro atoms. The molecule has 1 aromatic carbocycles.